The number of nitrogens with two attached hydrogens (primary N) is 1. The SMILES string of the molecule is CCN(CC(N)=O)C(=O)C(=O)N1CCCNCC1. The van der Waals surface area contributed by atoms with Crippen molar-refractivity contribution < 1.29 is 14.4 Å². The number of hydrogen-bond donors (Lipinski definition) is 2. The standard InChI is InChI=1S/C11H20N4O3/c1-2-14(8-9(12)16)10(17)11(18)15-6-3-4-13-5-7-15/h13H,2-8H2,1H3,(H2,12,16). The summed E-state index contributed by atoms with van der Waals surface area (Å²) in [6.07, 6.45) is 0.820. The highest BCUT2D eigenvalue weighted by molar-refractivity contribution is 6.35. The van der Waals surface area contributed by atoms with E-state index in [-0.39, 0.29) is 6.54 Å². The first-order valence-corrected chi connectivity index (χ1v) is 6.13. The van der Waals surface area contributed by atoms with Gasteiger partial charge < -0.3 is 20.9 Å². The molecule has 0 aliphatic carbocycles. The van der Waals surface area contributed by atoms with Gasteiger partial charge in [-0.1, -0.05) is 0 Å². The molecule has 1 rings (SSSR count). The fourth-order valence-corrected chi connectivity index (χ4v) is 1.83. The maximum absolute atomic E-state index is 12.0. The summed E-state index contributed by atoms with van der Waals surface area (Å²) < 4.78 is 0. The van der Waals surface area contributed by atoms with Crippen molar-refractivity contribution in [1.29, 1.82) is 0 Å². The van der Waals surface area contributed by atoms with E-state index in [1.165, 1.54) is 9.80 Å². The van der Waals surface area contributed by atoms with Crippen LogP contribution in [-0.2, 0) is 14.4 Å². The number of amides is 3. The predicted molar refractivity (Wildman–Crippen MR) is 65.5 cm³/mol. The summed E-state index contributed by atoms with van der Waals surface area (Å²) in [7, 11) is 0. The van der Waals surface area contributed by atoms with Gasteiger partial charge in [0.1, 0.15) is 0 Å². The molecule has 0 bridgehead atoms. The van der Waals surface area contributed by atoms with Gasteiger partial charge in [0, 0.05) is 26.2 Å². The second kappa shape index (κ2) is 6.95. The van der Waals surface area contributed by atoms with Gasteiger partial charge in [0.15, 0.2) is 0 Å². The van der Waals surface area contributed by atoms with Gasteiger partial charge in [-0.15, -0.1) is 0 Å². The molecule has 1 heterocycles. The molecule has 0 spiro atoms. The third-order valence-corrected chi connectivity index (χ3v) is 2.83. The van der Waals surface area contributed by atoms with Crippen molar-refractivity contribution in [2.75, 3.05) is 39.3 Å². The van der Waals surface area contributed by atoms with E-state index in [1.807, 2.05) is 0 Å². The Balaban J connectivity index is 2.62. The topological polar surface area (TPSA) is 95.7 Å². The zero-order valence-corrected chi connectivity index (χ0v) is 10.6. The quantitative estimate of drug-likeness (QED) is 0.579. The third kappa shape index (κ3) is 3.99. The fraction of sp³-hybridized carbons (Fsp3) is 0.727. The van der Waals surface area contributed by atoms with Crippen LogP contribution >= 0.6 is 0 Å². The lowest BCUT2D eigenvalue weighted by atomic mass is 10.3. The van der Waals surface area contributed by atoms with Crippen molar-refractivity contribution in [2.24, 2.45) is 5.73 Å². The predicted octanol–water partition coefficient (Wildman–Crippen LogP) is -1.86. The summed E-state index contributed by atoms with van der Waals surface area (Å²) in [4.78, 5) is 37.4. The molecule has 1 fully saturated rings. The van der Waals surface area contributed by atoms with Gasteiger partial charge in [-0.05, 0) is 19.9 Å². The molecule has 18 heavy (non-hydrogen) atoms. The summed E-state index contributed by atoms with van der Waals surface area (Å²) in [5, 5.41) is 3.15. The van der Waals surface area contributed by atoms with Crippen LogP contribution in [-0.4, -0.2) is 66.8 Å². The first-order chi connectivity index (χ1) is 8.56. The van der Waals surface area contributed by atoms with Crippen molar-refractivity contribution in [3.63, 3.8) is 0 Å². The van der Waals surface area contributed by atoms with E-state index in [0.717, 1.165) is 13.0 Å². The molecule has 3 amide bonds. The summed E-state index contributed by atoms with van der Waals surface area (Å²) in [6, 6.07) is 0. The second-order valence-electron chi connectivity index (χ2n) is 4.18. The molecular weight excluding hydrogens is 236 g/mol. The Hall–Kier alpha value is -1.63. The third-order valence-electron chi connectivity index (χ3n) is 2.83. The average Bonchev–Trinajstić information content (AvgIpc) is 2.62. The van der Waals surface area contributed by atoms with Crippen molar-refractivity contribution in [2.45, 2.75) is 13.3 Å². The smallest absolute Gasteiger partial charge is 0.312 e. The van der Waals surface area contributed by atoms with Crippen LogP contribution in [0, 0.1) is 0 Å². The number of carbonyl (C=O) groups is 3. The molecule has 0 atom stereocenters. The van der Waals surface area contributed by atoms with Gasteiger partial charge in [0.25, 0.3) is 0 Å². The molecule has 3 N–H and O–H groups in total. The molecule has 1 saturated heterocycles. The molecule has 0 aromatic heterocycles. The second-order valence-corrected chi connectivity index (χ2v) is 4.18. The molecule has 0 aromatic carbocycles. The molecule has 1 aliphatic heterocycles. The van der Waals surface area contributed by atoms with Crippen molar-refractivity contribution in [1.82, 2.24) is 15.1 Å². The zero-order chi connectivity index (χ0) is 13.5. The number of nitrogens with zero attached hydrogens (tertiary/aromatic N) is 2. The van der Waals surface area contributed by atoms with Gasteiger partial charge >= 0.3 is 11.8 Å². The van der Waals surface area contributed by atoms with Crippen molar-refractivity contribution >= 4 is 17.7 Å². The molecular formula is C11H20N4O3. The lowest BCUT2D eigenvalue weighted by Gasteiger charge is -2.24. The summed E-state index contributed by atoms with van der Waals surface area (Å²) in [6.45, 7) is 4.38. The Morgan fingerprint density at radius 1 is 1.28 bits per heavy atom. The maximum Gasteiger partial charge on any atom is 0.312 e. The number of likely N-dealkylation sites (N-methyl/N-ethyl adjacent to an activating group) is 1. The first kappa shape index (κ1) is 14.4. The highest BCUT2D eigenvalue weighted by atomic mass is 16.2. The van der Waals surface area contributed by atoms with E-state index in [2.05, 4.69) is 5.32 Å². The normalized spacial score (nSPS) is 15.9. The summed E-state index contributed by atoms with van der Waals surface area (Å²) in [5.41, 5.74) is 5.04. The molecule has 102 valence electrons. The van der Waals surface area contributed by atoms with Gasteiger partial charge in [-0.2, -0.15) is 0 Å². The Bertz CT molecular complexity index is 324. The minimum absolute atomic E-state index is 0.215. The lowest BCUT2D eigenvalue weighted by molar-refractivity contribution is -0.152. The monoisotopic (exact) mass is 256 g/mol. The molecule has 7 heteroatoms. The van der Waals surface area contributed by atoms with Crippen LogP contribution in [0.25, 0.3) is 0 Å². The molecule has 0 saturated carbocycles. The van der Waals surface area contributed by atoms with Crippen LogP contribution < -0.4 is 11.1 Å². The summed E-state index contributed by atoms with van der Waals surface area (Å²) in [5.74, 6) is -1.82. The minimum atomic E-state index is -0.654. The van der Waals surface area contributed by atoms with E-state index in [1.54, 1.807) is 6.92 Å². The van der Waals surface area contributed by atoms with E-state index < -0.39 is 17.7 Å². The van der Waals surface area contributed by atoms with Gasteiger partial charge in [0.2, 0.25) is 5.91 Å². The number of carbonyl (C=O) groups excluding carboxylic acids is 3. The summed E-state index contributed by atoms with van der Waals surface area (Å²) >= 11 is 0. The van der Waals surface area contributed by atoms with Crippen LogP contribution in [0.15, 0.2) is 0 Å². The van der Waals surface area contributed by atoms with Crippen molar-refractivity contribution in [3.8, 4) is 0 Å². The molecule has 1 aliphatic rings. The number of primary amides is 1. The largest absolute Gasteiger partial charge is 0.368 e. The van der Waals surface area contributed by atoms with Crippen molar-refractivity contribution in [3.05, 3.63) is 0 Å². The lowest BCUT2D eigenvalue weighted by Crippen LogP contribution is -2.48. The Kier molecular flexibility index (Phi) is 5.57. The van der Waals surface area contributed by atoms with E-state index in [9.17, 15) is 14.4 Å². The molecule has 0 unspecified atom stereocenters. The molecule has 0 aromatic rings. The number of nitrogens with one attached hydrogen (secondary N) is 1. The van der Waals surface area contributed by atoms with E-state index in [4.69, 9.17) is 5.73 Å². The van der Waals surface area contributed by atoms with E-state index in [0.29, 0.717) is 26.2 Å². The minimum Gasteiger partial charge on any atom is -0.368 e. The fourth-order valence-electron chi connectivity index (χ4n) is 1.83. The number of rotatable bonds is 3. The number of hydrogen-bond acceptors (Lipinski definition) is 4. The van der Waals surface area contributed by atoms with Crippen LogP contribution in [0.5, 0.6) is 0 Å². The van der Waals surface area contributed by atoms with Crippen LogP contribution in [0.4, 0.5) is 0 Å². The van der Waals surface area contributed by atoms with E-state index >= 15 is 0 Å². The highest BCUT2D eigenvalue weighted by Crippen LogP contribution is 2.00. The highest BCUT2D eigenvalue weighted by Gasteiger charge is 2.27. The first-order valence-electron chi connectivity index (χ1n) is 6.13. The van der Waals surface area contributed by atoms with Crippen LogP contribution in [0.2, 0.25) is 0 Å². The molecule has 0 radical (unpaired) electrons. The Labute approximate surface area is 106 Å². The Morgan fingerprint density at radius 3 is 2.61 bits per heavy atom. The Morgan fingerprint density at radius 2 is 2.00 bits per heavy atom. The van der Waals surface area contributed by atoms with Gasteiger partial charge in [0.05, 0.1) is 6.54 Å². The molecule has 7 nitrogen and oxygen atoms in total. The average molecular weight is 256 g/mol. The van der Waals surface area contributed by atoms with Crippen LogP contribution in [0.1, 0.15) is 13.3 Å². The van der Waals surface area contributed by atoms with Gasteiger partial charge in [-0.25, -0.2) is 0 Å². The maximum atomic E-state index is 12.0. The van der Waals surface area contributed by atoms with Crippen LogP contribution in [0.3, 0.4) is 0 Å². The zero-order valence-electron chi connectivity index (χ0n) is 10.6. The van der Waals surface area contributed by atoms with Gasteiger partial charge in [-0.3, -0.25) is 14.4 Å².